The number of para-hydroxylation sites is 4. The van der Waals surface area contributed by atoms with Gasteiger partial charge in [0, 0.05) is 89.4 Å². The monoisotopic (exact) mass is 1520 g/mol. The van der Waals surface area contributed by atoms with Crippen LogP contribution in [0.4, 0.5) is 13.2 Å². The predicted octanol–water partition coefficient (Wildman–Crippen LogP) is 24.7. The van der Waals surface area contributed by atoms with Crippen LogP contribution in [0.3, 0.4) is 0 Å². The highest BCUT2D eigenvalue weighted by Crippen LogP contribution is 2.45. The number of rotatable bonds is 8. The summed E-state index contributed by atoms with van der Waals surface area (Å²) in [7, 11) is -6.11. The lowest BCUT2D eigenvalue weighted by molar-refractivity contribution is -0.0500. The molecule has 0 spiro atoms. The van der Waals surface area contributed by atoms with E-state index in [4.69, 9.17) is 19.3 Å². The molecule has 11 nitrogen and oxygen atoms in total. The molecule has 0 radical (unpaired) electrons. The fraction of sp³-hybridized carbons (Fsp3) is 0.0707. The standard InChI is InChI=1S/C46H27N3.C29H17F3N2O3S.C24H22BNO2/c1-2-14-36-34(12-1)40-26-32(18-20-37(40)45-44(36)47-22-23-48-45)30-10-5-8-28(24-30)29-9-6-11-31(25-29)33-19-21-43-41(27-33)39-16-7-15-38-35-13-3-4-17-42(35)49(43)46(38)39;30-29(31,32)38(35,36)37-22-8-4-7-20(16-22)18-5-3-6-19(15-18)21-11-12-25-26(17-21)23-9-1-2-10-24(23)27-28(25)34-14-13-33-27;1-23(2)24(3,4)28-25(27-23)15-12-13-21-19(14-15)18-10-7-9-17-16-8-5-6-11-20(16)26(21)22(17)18/h1-27H;1-17H;5-14H,1-4H3. The zero-order valence-corrected chi connectivity index (χ0v) is 63.3. The average Bonchev–Trinajstić information content (AvgIpc) is 1.47. The number of benzene rings is 16. The lowest BCUT2D eigenvalue weighted by atomic mass is 9.78. The molecule has 16 heteroatoms. The van der Waals surface area contributed by atoms with Crippen LogP contribution >= 0.6 is 0 Å². The normalized spacial score (nSPS) is 13.8. The Balaban J connectivity index is 0.000000112. The molecule has 7 heterocycles. The Bertz CT molecular complexity index is 7810. The first kappa shape index (κ1) is 69.3. The maximum atomic E-state index is 12.8. The van der Waals surface area contributed by atoms with Crippen molar-refractivity contribution in [3.8, 4) is 61.4 Å². The molecule has 6 aromatic heterocycles. The van der Waals surface area contributed by atoms with Gasteiger partial charge in [0.15, 0.2) is 0 Å². The molecule has 115 heavy (non-hydrogen) atoms. The molecule has 1 fully saturated rings. The van der Waals surface area contributed by atoms with Gasteiger partial charge in [0.1, 0.15) is 5.75 Å². The number of nitrogens with zero attached hydrogens (tertiary/aromatic N) is 6. The van der Waals surface area contributed by atoms with Gasteiger partial charge in [0.2, 0.25) is 0 Å². The maximum absolute atomic E-state index is 12.8. The van der Waals surface area contributed by atoms with Gasteiger partial charge < -0.3 is 22.3 Å². The molecule has 22 aromatic rings. The van der Waals surface area contributed by atoms with E-state index < -0.39 is 21.4 Å². The third kappa shape index (κ3) is 11.3. The van der Waals surface area contributed by atoms with Crippen molar-refractivity contribution in [2.45, 2.75) is 44.4 Å². The SMILES string of the molecule is CC1(C)OB(c2ccc3c(c2)c2cccc4c5ccccc5n3c42)OC1(C)C.O=S(=O)(Oc1cccc(-c2cccc(-c3ccc4c(c3)c3ccccc3c3nccnc43)c2)c1)C(F)(F)F.c1cc(-c2cccc(-c3ccc4c(c3)c3cccc5c6ccccc6n4c53)c2)cc(-c2ccc3c(c2)c2ccccc2c2nccnc32)c1. The largest absolute Gasteiger partial charge is 0.534 e. The number of alkyl halides is 3. The molecule has 0 amide bonds. The maximum Gasteiger partial charge on any atom is 0.534 e. The first-order valence-corrected chi connectivity index (χ1v) is 39.5. The van der Waals surface area contributed by atoms with Gasteiger partial charge in [-0.2, -0.15) is 21.6 Å². The van der Waals surface area contributed by atoms with Crippen LogP contribution in [0.25, 0.3) is 197 Å². The summed E-state index contributed by atoms with van der Waals surface area (Å²) in [5, 5.41) is 19.0. The van der Waals surface area contributed by atoms with E-state index in [1.54, 1.807) is 36.9 Å². The lowest BCUT2D eigenvalue weighted by Gasteiger charge is -2.32. The number of hydrogen-bond donors (Lipinski definition) is 0. The highest BCUT2D eigenvalue weighted by atomic mass is 32.2. The molecule has 0 saturated carbocycles. The Kier molecular flexibility index (Phi) is 15.8. The second-order valence-corrected chi connectivity index (χ2v) is 32.1. The third-order valence-electron chi connectivity index (χ3n) is 23.5. The smallest absolute Gasteiger partial charge is 0.399 e. The van der Waals surface area contributed by atoms with Gasteiger partial charge in [-0.25, -0.2) is 0 Å². The summed E-state index contributed by atoms with van der Waals surface area (Å²) in [6.07, 6.45) is 6.91. The van der Waals surface area contributed by atoms with Gasteiger partial charge in [-0.1, -0.05) is 231 Å². The molecule has 1 aliphatic rings. The molecule has 0 atom stereocenters. The van der Waals surface area contributed by atoms with E-state index in [1.165, 1.54) is 132 Å². The van der Waals surface area contributed by atoms with E-state index in [-0.39, 0.29) is 18.3 Å². The van der Waals surface area contributed by atoms with E-state index in [1.807, 2.05) is 54.6 Å². The van der Waals surface area contributed by atoms with Crippen LogP contribution in [-0.4, -0.2) is 61.0 Å². The van der Waals surface area contributed by atoms with Crippen LogP contribution < -0.4 is 9.65 Å². The number of aromatic nitrogens is 6. The van der Waals surface area contributed by atoms with Crippen LogP contribution in [0.5, 0.6) is 5.75 Å². The van der Waals surface area contributed by atoms with Gasteiger partial charge in [-0.3, -0.25) is 19.9 Å². The van der Waals surface area contributed by atoms with Crippen LogP contribution in [0.1, 0.15) is 27.7 Å². The van der Waals surface area contributed by atoms with Crippen molar-refractivity contribution in [2.24, 2.45) is 0 Å². The van der Waals surface area contributed by atoms with E-state index in [2.05, 4.69) is 269 Å². The highest BCUT2D eigenvalue weighted by Gasteiger charge is 2.52. The minimum atomic E-state index is -5.76. The highest BCUT2D eigenvalue weighted by molar-refractivity contribution is 7.88. The summed E-state index contributed by atoms with van der Waals surface area (Å²) < 4.78 is 82.8. The second-order valence-electron chi connectivity index (χ2n) is 30.6. The van der Waals surface area contributed by atoms with Crippen LogP contribution in [0.15, 0.2) is 328 Å². The third-order valence-corrected chi connectivity index (χ3v) is 24.4. The Hall–Kier alpha value is -13.6. The van der Waals surface area contributed by atoms with E-state index in [9.17, 15) is 21.6 Å². The fourth-order valence-corrected chi connectivity index (χ4v) is 17.8. The Morgan fingerprint density at radius 2 is 0.609 bits per heavy atom. The molecular formula is C99H66BF3N6O5S. The molecule has 0 aliphatic carbocycles. The molecule has 0 N–H and O–H groups in total. The van der Waals surface area contributed by atoms with Crippen LogP contribution in [-0.2, 0) is 19.4 Å². The second kappa shape index (κ2) is 26.2. The summed E-state index contributed by atoms with van der Waals surface area (Å²) in [4.78, 5) is 18.6. The molecule has 1 aliphatic heterocycles. The molecule has 0 bridgehead atoms. The molecule has 16 aromatic carbocycles. The van der Waals surface area contributed by atoms with Crippen molar-refractivity contribution in [1.29, 1.82) is 0 Å². The van der Waals surface area contributed by atoms with Gasteiger partial charge in [0.25, 0.3) is 0 Å². The Morgan fingerprint density at radius 3 is 1.03 bits per heavy atom. The van der Waals surface area contributed by atoms with Gasteiger partial charge in [-0.15, -0.1) is 0 Å². The van der Waals surface area contributed by atoms with E-state index >= 15 is 0 Å². The molecule has 1 saturated heterocycles. The lowest BCUT2D eigenvalue weighted by Crippen LogP contribution is -2.41. The summed E-state index contributed by atoms with van der Waals surface area (Å²) in [6, 6.07) is 104. The average molecular weight is 1520 g/mol. The number of halogens is 3. The zero-order valence-electron chi connectivity index (χ0n) is 62.5. The van der Waals surface area contributed by atoms with Crippen molar-refractivity contribution >= 4 is 164 Å². The van der Waals surface area contributed by atoms with E-state index in [0.29, 0.717) is 11.1 Å². The quantitative estimate of drug-likeness (QED) is 0.0633. The van der Waals surface area contributed by atoms with Gasteiger partial charge in [-0.05, 0) is 183 Å². The van der Waals surface area contributed by atoms with E-state index in [0.717, 1.165) is 77.0 Å². The summed E-state index contributed by atoms with van der Waals surface area (Å²) in [6.45, 7) is 8.38. The number of hydrogen-bond acceptors (Lipinski definition) is 9. The minimum absolute atomic E-state index is 0.335. The van der Waals surface area contributed by atoms with Crippen molar-refractivity contribution in [2.75, 3.05) is 0 Å². The van der Waals surface area contributed by atoms with Crippen molar-refractivity contribution in [3.05, 3.63) is 328 Å². The Labute approximate surface area is 657 Å². The molecule has 0 unspecified atom stereocenters. The van der Waals surface area contributed by atoms with Gasteiger partial charge >= 0.3 is 22.7 Å². The topological polar surface area (TPSA) is 122 Å². The summed E-state index contributed by atoms with van der Waals surface area (Å²) in [5.41, 5.74) is 16.2. The molecular weight excluding hydrogens is 1450 g/mol. The van der Waals surface area contributed by atoms with Crippen molar-refractivity contribution < 1.29 is 35.1 Å². The molecule has 23 rings (SSSR count). The summed E-state index contributed by atoms with van der Waals surface area (Å²) >= 11 is 0. The fourth-order valence-electron chi connectivity index (χ4n) is 17.3. The zero-order chi connectivity index (χ0) is 77.8. The summed E-state index contributed by atoms with van der Waals surface area (Å²) in [5.74, 6) is -0.421. The molecule has 552 valence electrons. The van der Waals surface area contributed by atoms with Crippen LogP contribution in [0.2, 0.25) is 0 Å². The van der Waals surface area contributed by atoms with Crippen LogP contribution in [0, 0.1) is 0 Å². The Morgan fingerprint density at radius 1 is 0.304 bits per heavy atom. The van der Waals surface area contributed by atoms with Crippen molar-refractivity contribution in [1.82, 2.24) is 28.7 Å². The first-order chi connectivity index (χ1) is 55.9. The predicted molar refractivity (Wildman–Crippen MR) is 463 cm³/mol. The van der Waals surface area contributed by atoms with Gasteiger partial charge in [0.05, 0.1) is 66.4 Å². The minimum Gasteiger partial charge on any atom is -0.399 e. The van der Waals surface area contributed by atoms with Crippen molar-refractivity contribution in [3.63, 3.8) is 0 Å². The number of fused-ring (bicyclic) bond motifs is 24. The first-order valence-electron chi connectivity index (χ1n) is 38.1.